The summed E-state index contributed by atoms with van der Waals surface area (Å²) in [7, 11) is 0. The van der Waals surface area contributed by atoms with E-state index in [-0.39, 0.29) is 0 Å². The molecule has 0 atom stereocenters. The van der Waals surface area contributed by atoms with Crippen molar-refractivity contribution in [2.24, 2.45) is 0 Å². The van der Waals surface area contributed by atoms with Crippen molar-refractivity contribution in [2.75, 3.05) is 23.4 Å². The highest BCUT2D eigenvalue weighted by atomic mass is 32.2. The smallest absolute Gasteiger partial charge is 0.202 e. The first kappa shape index (κ1) is 9.36. The monoisotopic (exact) mass is 199 g/mol. The maximum Gasteiger partial charge on any atom is 0.202 e. The number of aromatic nitrogens is 2. The molecule has 0 aromatic carbocycles. The molecule has 0 fully saturated rings. The van der Waals surface area contributed by atoms with Crippen molar-refractivity contribution in [2.45, 2.75) is 0 Å². The summed E-state index contributed by atoms with van der Waals surface area (Å²) in [6.45, 7) is 0.890. The van der Waals surface area contributed by atoms with Crippen LogP contribution in [0.25, 0.3) is 0 Å². The van der Waals surface area contributed by atoms with Crippen molar-refractivity contribution in [1.82, 2.24) is 9.36 Å². The number of anilines is 1. The number of hydrogen-bond acceptors (Lipinski definition) is 5. The predicted molar refractivity (Wildman–Crippen MR) is 54.6 cm³/mol. The first-order chi connectivity index (χ1) is 5.93. The van der Waals surface area contributed by atoms with E-state index in [4.69, 9.17) is 6.42 Å². The zero-order chi connectivity index (χ0) is 8.65. The number of terminal acetylenes is 1. The van der Waals surface area contributed by atoms with Crippen LogP contribution in [0.2, 0.25) is 0 Å². The number of nitrogens with zero attached hydrogens (tertiary/aromatic N) is 2. The maximum atomic E-state index is 5.09. The van der Waals surface area contributed by atoms with Gasteiger partial charge in [-0.05, 0) is 0 Å². The Bertz CT molecular complexity index is 240. The molecule has 0 saturated heterocycles. The SMILES string of the molecule is C#CCSCCNc1ncns1. The molecule has 0 amide bonds. The average molecular weight is 199 g/mol. The quantitative estimate of drug-likeness (QED) is 0.573. The minimum atomic E-state index is 0.776. The number of nitrogens with one attached hydrogen (secondary N) is 1. The van der Waals surface area contributed by atoms with Crippen molar-refractivity contribution in [1.29, 1.82) is 0 Å². The standard InChI is InChI=1S/C7H9N3S2/c1-2-4-11-5-3-8-7-9-6-10-12-7/h1,6H,3-5H2,(H,8,9,10). The molecule has 1 aromatic rings. The van der Waals surface area contributed by atoms with E-state index in [1.165, 1.54) is 11.5 Å². The van der Waals surface area contributed by atoms with E-state index >= 15 is 0 Å². The second-order valence-corrected chi connectivity index (χ2v) is 3.82. The highest BCUT2D eigenvalue weighted by Gasteiger charge is 1.92. The molecule has 64 valence electrons. The van der Waals surface area contributed by atoms with Crippen molar-refractivity contribution >= 4 is 28.4 Å². The highest BCUT2D eigenvalue weighted by Crippen LogP contribution is 2.06. The van der Waals surface area contributed by atoms with E-state index in [2.05, 4.69) is 20.6 Å². The summed E-state index contributed by atoms with van der Waals surface area (Å²) in [5.41, 5.74) is 0. The van der Waals surface area contributed by atoms with Gasteiger partial charge in [0.05, 0.1) is 5.75 Å². The Hall–Kier alpha value is -0.730. The van der Waals surface area contributed by atoms with Crippen LogP contribution in [0.15, 0.2) is 6.33 Å². The van der Waals surface area contributed by atoms with Crippen molar-refractivity contribution in [3.8, 4) is 12.3 Å². The Morgan fingerprint density at radius 1 is 1.75 bits per heavy atom. The summed E-state index contributed by atoms with van der Waals surface area (Å²) in [6.07, 6.45) is 6.64. The number of rotatable bonds is 5. The Morgan fingerprint density at radius 2 is 2.67 bits per heavy atom. The van der Waals surface area contributed by atoms with Crippen molar-refractivity contribution in [3.63, 3.8) is 0 Å². The van der Waals surface area contributed by atoms with Gasteiger partial charge in [0.15, 0.2) is 0 Å². The zero-order valence-corrected chi connectivity index (χ0v) is 8.12. The van der Waals surface area contributed by atoms with E-state index in [1.54, 1.807) is 18.1 Å². The zero-order valence-electron chi connectivity index (χ0n) is 6.49. The molecule has 0 unspecified atom stereocenters. The van der Waals surface area contributed by atoms with Crippen molar-refractivity contribution < 1.29 is 0 Å². The van der Waals surface area contributed by atoms with Gasteiger partial charge < -0.3 is 5.32 Å². The summed E-state index contributed by atoms with van der Waals surface area (Å²) in [6, 6.07) is 0. The fraction of sp³-hybridized carbons (Fsp3) is 0.429. The van der Waals surface area contributed by atoms with E-state index in [0.29, 0.717) is 0 Å². The van der Waals surface area contributed by atoms with E-state index in [0.717, 1.165) is 23.2 Å². The van der Waals surface area contributed by atoms with E-state index in [1.807, 2.05) is 0 Å². The van der Waals surface area contributed by atoms with Gasteiger partial charge in [0.2, 0.25) is 5.13 Å². The second kappa shape index (κ2) is 5.86. The molecule has 5 heteroatoms. The Kier molecular flexibility index (Phi) is 4.57. The van der Waals surface area contributed by atoms with Crippen LogP contribution in [0.1, 0.15) is 0 Å². The molecule has 0 aliphatic rings. The Labute approximate surface area is 80.1 Å². The molecule has 3 nitrogen and oxygen atoms in total. The normalized spacial score (nSPS) is 9.25. The molecule has 0 radical (unpaired) electrons. The predicted octanol–water partition coefficient (Wildman–Crippen LogP) is 1.32. The molecule has 1 N–H and O–H groups in total. The fourth-order valence-electron chi connectivity index (χ4n) is 0.612. The summed E-state index contributed by atoms with van der Waals surface area (Å²) in [5.74, 6) is 4.35. The molecule has 1 rings (SSSR count). The second-order valence-electron chi connectivity index (χ2n) is 1.93. The lowest BCUT2D eigenvalue weighted by Crippen LogP contribution is -2.03. The third kappa shape index (κ3) is 3.60. The largest absolute Gasteiger partial charge is 0.359 e. The van der Waals surface area contributed by atoms with Crippen LogP contribution < -0.4 is 5.32 Å². The first-order valence-electron chi connectivity index (χ1n) is 3.45. The van der Waals surface area contributed by atoms with Gasteiger partial charge in [-0.25, -0.2) is 4.98 Å². The third-order valence-electron chi connectivity index (χ3n) is 1.07. The fourth-order valence-corrected chi connectivity index (χ4v) is 1.58. The molecular formula is C7H9N3S2. The maximum absolute atomic E-state index is 5.09. The average Bonchev–Trinajstić information content (AvgIpc) is 2.57. The van der Waals surface area contributed by atoms with Gasteiger partial charge in [-0.3, -0.25) is 0 Å². The van der Waals surface area contributed by atoms with Gasteiger partial charge in [0.25, 0.3) is 0 Å². The van der Waals surface area contributed by atoms with Crippen LogP contribution in [0.5, 0.6) is 0 Å². The molecule has 0 spiro atoms. The lowest BCUT2D eigenvalue weighted by Gasteiger charge is -1.98. The summed E-state index contributed by atoms with van der Waals surface area (Å²) in [5, 5.41) is 4.01. The molecule has 0 aliphatic carbocycles. The van der Waals surface area contributed by atoms with Crippen LogP contribution >= 0.6 is 23.3 Å². The molecule has 12 heavy (non-hydrogen) atoms. The summed E-state index contributed by atoms with van der Waals surface area (Å²) >= 11 is 3.10. The van der Waals surface area contributed by atoms with Crippen LogP contribution in [0, 0.1) is 12.3 Å². The molecule has 1 heterocycles. The van der Waals surface area contributed by atoms with Gasteiger partial charge in [-0.1, -0.05) is 5.92 Å². The van der Waals surface area contributed by atoms with Crippen molar-refractivity contribution in [3.05, 3.63) is 6.33 Å². The van der Waals surface area contributed by atoms with E-state index < -0.39 is 0 Å². The molecular weight excluding hydrogens is 190 g/mol. The number of hydrogen-bond donors (Lipinski definition) is 1. The van der Waals surface area contributed by atoms with Gasteiger partial charge in [-0.2, -0.15) is 4.37 Å². The third-order valence-corrected chi connectivity index (χ3v) is 2.56. The van der Waals surface area contributed by atoms with Gasteiger partial charge in [-0.15, -0.1) is 18.2 Å². The minimum Gasteiger partial charge on any atom is -0.359 e. The topological polar surface area (TPSA) is 37.8 Å². The molecule has 0 saturated carbocycles. The van der Waals surface area contributed by atoms with Crippen LogP contribution in [0.3, 0.4) is 0 Å². The van der Waals surface area contributed by atoms with Gasteiger partial charge in [0, 0.05) is 23.8 Å². The Balaban J connectivity index is 2.01. The van der Waals surface area contributed by atoms with E-state index in [9.17, 15) is 0 Å². The first-order valence-corrected chi connectivity index (χ1v) is 5.38. The van der Waals surface area contributed by atoms with Gasteiger partial charge >= 0.3 is 0 Å². The minimum absolute atomic E-state index is 0.776. The molecule has 0 aliphatic heterocycles. The molecule has 1 aromatic heterocycles. The highest BCUT2D eigenvalue weighted by molar-refractivity contribution is 7.99. The summed E-state index contributed by atoms with van der Waals surface area (Å²) in [4.78, 5) is 3.98. The lowest BCUT2D eigenvalue weighted by atomic mass is 10.7. The van der Waals surface area contributed by atoms with Crippen LogP contribution in [-0.2, 0) is 0 Å². The van der Waals surface area contributed by atoms with Crippen LogP contribution in [0.4, 0.5) is 5.13 Å². The summed E-state index contributed by atoms with van der Waals surface area (Å²) < 4.78 is 3.87. The number of thioether (sulfide) groups is 1. The lowest BCUT2D eigenvalue weighted by molar-refractivity contribution is 1.20. The molecule has 0 bridgehead atoms. The van der Waals surface area contributed by atoms with Gasteiger partial charge in [0.1, 0.15) is 6.33 Å². The van der Waals surface area contributed by atoms with Crippen LogP contribution in [-0.4, -0.2) is 27.4 Å². The Morgan fingerprint density at radius 3 is 3.33 bits per heavy atom.